The van der Waals surface area contributed by atoms with Crippen molar-refractivity contribution >= 4 is 11.9 Å². The van der Waals surface area contributed by atoms with Gasteiger partial charge in [-0.05, 0) is 31.7 Å². The maximum atomic E-state index is 11.8. The Bertz CT molecular complexity index is 660. The second-order valence-corrected chi connectivity index (χ2v) is 5.38. The molecule has 2 N–H and O–H groups in total. The molecule has 124 valence electrons. The lowest BCUT2D eigenvalue weighted by Crippen LogP contribution is -2.02. The topological polar surface area (TPSA) is 93.1 Å². The zero-order chi connectivity index (χ0) is 17.0. The number of benzene rings is 1. The van der Waals surface area contributed by atoms with E-state index in [0.717, 1.165) is 5.56 Å². The van der Waals surface area contributed by atoms with E-state index < -0.39 is 11.9 Å². The van der Waals surface area contributed by atoms with E-state index in [-0.39, 0.29) is 24.3 Å². The van der Waals surface area contributed by atoms with Crippen LogP contribution < -0.4 is 4.74 Å². The SMILES string of the molecule is COc1c(C)c2c(c(O)c1C/C=C/CCCC(=O)O)C(=O)OC2. The van der Waals surface area contributed by atoms with E-state index in [1.807, 2.05) is 19.1 Å². The summed E-state index contributed by atoms with van der Waals surface area (Å²) in [7, 11) is 1.52. The van der Waals surface area contributed by atoms with Gasteiger partial charge < -0.3 is 19.7 Å². The van der Waals surface area contributed by atoms with Gasteiger partial charge in [0, 0.05) is 17.5 Å². The number of ether oxygens (including phenoxy) is 2. The third kappa shape index (κ3) is 3.47. The molecule has 0 radical (unpaired) electrons. The Morgan fingerprint density at radius 2 is 2.13 bits per heavy atom. The summed E-state index contributed by atoms with van der Waals surface area (Å²) in [6, 6.07) is 0. The van der Waals surface area contributed by atoms with Crippen LogP contribution >= 0.6 is 0 Å². The number of esters is 1. The lowest BCUT2D eigenvalue weighted by Gasteiger charge is -2.15. The maximum Gasteiger partial charge on any atom is 0.342 e. The summed E-state index contributed by atoms with van der Waals surface area (Å²) in [6.07, 6.45) is 5.42. The third-order valence-electron chi connectivity index (χ3n) is 3.90. The highest BCUT2D eigenvalue weighted by Gasteiger charge is 2.31. The fourth-order valence-electron chi connectivity index (χ4n) is 2.72. The van der Waals surface area contributed by atoms with Gasteiger partial charge in [-0.1, -0.05) is 12.2 Å². The monoisotopic (exact) mass is 320 g/mol. The Labute approximate surface area is 134 Å². The van der Waals surface area contributed by atoms with Gasteiger partial charge in [0.15, 0.2) is 0 Å². The van der Waals surface area contributed by atoms with Crippen LogP contribution in [0.4, 0.5) is 0 Å². The number of aromatic hydroxyl groups is 1. The van der Waals surface area contributed by atoms with E-state index in [1.165, 1.54) is 7.11 Å². The van der Waals surface area contributed by atoms with Crippen LogP contribution in [0.15, 0.2) is 12.2 Å². The first kappa shape index (κ1) is 16.9. The number of allylic oxidation sites excluding steroid dienone is 2. The average molecular weight is 320 g/mol. The van der Waals surface area contributed by atoms with Crippen LogP contribution in [0.25, 0.3) is 0 Å². The van der Waals surface area contributed by atoms with Gasteiger partial charge in [-0.25, -0.2) is 4.79 Å². The predicted octanol–water partition coefficient (Wildman–Crippen LogP) is 2.73. The largest absolute Gasteiger partial charge is 0.507 e. The number of carboxylic acids is 1. The number of unbranched alkanes of at least 4 members (excludes halogenated alkanes) is 1. The standard InChI is InChI=1S/C17H20O6/c1-10-12-9-23-17(21)14(12)15(20)11(16(10)22-2)7-5-3-4-6-8-13(18)19/h3,5,20H,4,6-9H2,1-2H3,(H,18,19)/b5-3+. The number of fused-ring (bicyclic) bond motifs is 1. The van der Waals surface area contributed by atoms with E-state index in [9.17, 15) is 14.7 Å². The minimum atomic E-state index is -0.814. The second kappa shape index (κ2) is 7.17. The first-order valence-corrected chi connectivity index (χ1v) is 7.42. The molecule has 0 atom stereocenters. The number of carboxylic acid groups (broad SMARTS) is 1. The van der Waals surface area contributed by atoms with Gasteiger partial charge in [-0.3, -0.25) is 4.79 Å². The molecule has 0 saturated carbocycles. The van der Waals surface area contributed by atoms with Crippen molar-refractivity contribution in [1.82, 2.24) is 0 Å². The van der Waals surface area contributed by atoms with Gasteiger partial charge in [0.05, 0.1) is 7.11 Å². The minimum absolute atomic E-state index is 0.0971. The molecule has 0 unspecified atom stereocenters. The van der Waals surface area contributed by atoms with Gasteiger partial charge in [0.1, 0.15) is 23.7 Å². The number of carbonyl (C=O) groups is 2. The van der Waals surface area contributed by atoms with Crippen molar-refractivity contribution in [3.63, 3.8) is 0 Å². The first-order chi connectivity index (χ1) is 11.0. The molecule has 1 aliphatic rings. The van der Waals surface area contributed by atoms with E-state index >= 15 is 0 Å². The molecule has 0 saturated heterocycles. The van der Waals surface area contributed by atoms with Gasteiger partial charge >= 0.3 is 11.9 Å². The lowest BCUT2D eigenvalue weighted by atomic mass is 9.95. The normalized spacial score (nSPS) is 13.2. The van der Waals surface area contributed by atoms with E-state index in [4.69, 9.17) is 14.6 Å². The Balaban J connectivity index is 2.20. The molecule has 1 aliphatic heterocycles. The highest BCUT2D eigenvalue weighted by Crippen LogP contribution is 2.41. The summed E-state index contributed by atoms with van der Waals surface area (Å²) in [5, 5.41) is 19.0. The van der Waals surface area contributed by atoms with Crippen LogP contribution in [-0.2, 0) is 22.6 Å². The number of phenols is 1. The fraction of sp³-hybridized carbons (Fsp3) is 0.412. The van der Waals surface area contributed by atoms with E-state index in [0.29, 0.717) is 36.1 Å². The Morgan fingerprint density at radius 3 is 2.78 bits per heavy atom. The van der Waals surface area contributed by atoms with Crippen molar-refractivity contribution in [2.75, 3.05) is 7.11 Å². The fourth-order valence-corrected chi connectivity index (χ4v) is 2.72. The van der Waals surface area contributed by atoms with Gasteiger partial charge in [0.25, 0.3) is 0 Å². The van der Waals surface area contributed by atoms with Gasteiger partial charge in [0.2, 0.25) is 0 Å². The number of hydrogen-bond acceptors (Lipinski definition) is 5. The van der Waals surface area contributed by atoms with Crippen LogP contribution in [0.1, 0.15) is 46.3 Å². The Hall–Kier alpha value is -2.50. The zero-order valence-corrected chi connectivity index (χ0v) is 13.2. The maximum absolute atomic E-state index is 11.8. The van der Waals surface area contributed by atoms with Crippen LogP contribution in [0, 0.1) is 6.92 Å². The molecule has 0 bridgehead atoms. The van der Waals surface area contributed by atoms with Crippen molar-refractivity contribution in [3.05, 3.63) is 34.4 Å². The summed E-state index contributed by atoms with van der Waals surface area (Å²) >= 11 is 0. The van der Waals surface area contributed by atoms with Crippen LogP contribution in [0.5, 0.6) is 11.5 Å². The van der Waals surface area contributed by atoms with E-state index in [1.54, 1.807) is 0 Å². The molecular formula is C17H20O6. The number of carbonyl (C=O) groups excluding carboxylic acids is 1. The highest BCUT2D eigenvalue weighted by molar-refractivity contribution is 5.98. The molecular weight excluding hydrogens is 300 g/mol. The van der Waals surface area contributed by atoms with Crippen LogP contribution in [0.2, 0.25) is 0 Å². The summed E-state index contributed by atoms with van der Waals surface area (Å²) in [6.45, 7) is 1.98. The number of aliphatic carboxylic acids is 1. The van der Waals surface area contributed by atoms with Crippen molar-refractivity contribution in [3.8, 4) is 11.5 Å². The molecule has 0 aliphatic carbocycles. The smallest absolute Gasteiger partial charge is 0.342 e. The van der Waals surface area contributed by atoms with Crippen LogP contribution in [-0.4, -0.2) is 29.3 Å². The van der Waals surface area contributed by atoms with Gasteiger partial charge in [-0.15, -0.1) is 0 Å². The third-order valence-corrected chi connectivity index (χ3v) is 3.90. The highest BCUT2D eigenvalue weighted by atomic mass is 16.5. The van der Waals surface area contributed by atoms with Crippen LogP contribution in [0.3, 0.4) is 0 Å². The van der Waals surface area contributed by atoms with Crippen molar-refractivity contribution in [2.45, 2.75) is 39.2 Å². The molecule has 1 aromatic carbocycles. The number of rotatable bonds is 7. The first-order valence-electron chi connectivity index (χ1n) is 7.42. The zero-order valence-electron chi connectivity index (χ0n) is 13.2. The van der Waals surface area contributed by atoms with Crippen molar-refractivity contribution in [2.24, 2.45) is 0 Å². The molecule has 1 heterocycles. The summed E-state index contributed by atoms with van der Waals surface area (Å²) in [4.78, 5) is 22.2. The predicted molar refractivity (Wildman–Crippen MR) is 82.8 cm³/mol. The molecule has 6 nitrogen and oxygen atoms in total. The second-order valence-electron chi connectivity index (χ2n) is 5.38. The number of methoxy groups -OCH3 is 1. The minimum Gasteiger partial charge on any atom is -0.507 e. The number of phenolic OH excluding ortho intramolecular Hbond substituents is 1. The number of hydrogen-bond donors (Lipinski definition) is 2. The van der Waals surface area contributed by atoms with Crippen molar-refractivity contribution in [1.29, 1.82) is 0 Å². The van der Waals surface area contributed by atoms with Crippen molar-refractivity contribution < 1.29 is 29.3 Å². The van der Waals surface area contributed by atoms with Gasteiger partial charge in [-0.2, -0.15) is 0 Å². The lowest BCUT2D eigenvalue weighted by molar-refractivity contribution is -0.137. The summed E-state index contributed by atoms with van der Waals surface area (Å²) < 4.78 is 10.4. The Morgan fingerprint density at radius 1 is 1.39 bits per heavy atom. The molecule has 23 heavy (non-hydrogen) atoms. The average Bonchev–Trinajstić information content (AvgIpc) is 2.89. The molecule has 1 aromatic rings. The molecule has 0 fully saturated rings. The van der Waals surface area contributed by atoms with E-state index in [2.05, 4.69) is 0 Å². The molecule has 6 heteroatoms. The quantitative estimate of drug-likeness (QED) is 0.456. The molecule has 2 rings (SSSR count). The molecule has 0 aromatic heterocycles. The summed E-state index contributed by atoms with van der Waals surface area (Å²) in [5.74, 6) is -0.879. The summed E-state index contributed by atoms with van der Waals surface area (Å²) in [5.41, 5.74) is 2.22. The molecule has 0 spiro atoms. The number of cyclic esters (lactones) is 1. The Kier molecular flexibility index (Phi) is 5.26. The molecule has 0 amide bonds.